The summed E-state index contributed by atoms with van der Waals surface area (Å²) in [5, 5.41) is 9.15. The number of rotatable bonds is 6. The van der Waals surface area contributed by atoms with E-state index in [1.165, 1.54) is 11.0 Å². The van der Waals surface area contributed by atoms with Crippen LogP contribution in [0.5, 0.6) is 5.75 Å². The molecule has 1 fully saturated rings. The van der Waals surface area contributed by atoms with E-state index in [0.717, 1.165) is 23.3 Å². The fourth-order valence-electron chi connectivity index (χ4n) is 2.88. The van der Waals surface area contributed by atoms with Crippen LogP contribution in [-0.2, 0) is 16.2 Å². The van der Waals surface area contributed by atoms with E-state index in [9.17, 15) is 9.59 Å². The van der Waals surface area contributed by atoms with Crippen molar-refractivity contribution in [3.05, 3.63) is 66.0 Å². The lowest BCUT2D eigenvalue weighted by Gasteiger charge is -2.19. The van der Waals surface area contributed by atoms with Gasteiger partial charge in [0.15, 0.2) is 0 Å². The van der Waals surface area contributed by atoms with Gasteiger partial charge in [0.05, 0.1) is 0 Å². The Morgan fingerprint density at radius 1 is 1.27 bits per heavy atom. The number of aromatic nitrogens is 1. The Hall–Kier alpha value is -3.15. The van der Waals surface area contributed by atoms with E-state index in [1.54, 1.807) is 18.5 Å². The summed E-state index contributed by atoms with van der Waals surface area (Å²) in [6.45, 7) is 0.925. The highest BCUT2D eigenvalue weighted by Crippen LogP contribution is 2.19. The van der Waals surface area contributed by atoms with Crippen molar-refractivity contribution >= 4 is 18.0 Å². The van der Waals surface area contributed by atoms with E-state index in [-0.39, 0.29) is 5.91 Å². The molecule has 134 valence electrons. The topological polar surface area (TPSA) is 79.7 Å². The summed E-state index contributed by atoms with van der Waals surface area (Å²) < 4.78 is 5.69. The van der Waals surface area contributed by atoms with E-state index in [2.05, 4.69) is 4.98 Å². The molecule has 0 aliphatic carbocycles. The second-order valence-corrected chi connectivity index (χ2v) is 6.08. The number of carboxylic acids is 1. The predicted octanol–water partition coefficient (Wildman–Crippen LogP) is 2.75. The van der Waals surface area contributed by atoms with Gasteiger partial charge in [-0.15, -0.1) is 0 Å². The Labute approximate surface area is 151 Å². The number of hydrogen-bond donors (Lipinski definition) is 1. The van der Waals surface area contributed by atoms with Gasteiger partial charge in [0, 0.05) is 30.6 Å². The first-order chi connectivity index (χ1) is 12.6. The molecule has 1 atom stereocenters. The van der Waals surface area contributed by atoms with Gasteiger partial charge in [-0.1, -0.05) is 18.2 Å². The van der Waals surface area contributed by atoms with Crippen LogP contribution in [0.15, 0.2) is 54.9 Å². The molecule has 0 spiro atoms. The summed E-state index contributed by atoms with van der Waals surface area (Å²) >= 11 is 0. The maximum atomic E-state index is 12.2. The summed E-state index contributed by atoms with van der Waals surface area (Å²) in [7, 11) is 0. The SMILES string of the molecule is O=C(O)C1CCCN1C(=O)C=Cc1ccc(OCc2cccnc2)cc1. The normalized spacial score (nSPS) is 16.8. The molecule has 1 aliphatic heterocycles. The number of aliphatic carboxylic acids is 1. The number of nitrogens with zero attached hydrogens (tertiary/aromatic N) is 2. The second-order valence-electron chi connectivity index (χ2n) is 6.08. The van der Waals surface area contributed by atoms with Gasteiger partial charge < -0.3 is 14.7 Å². The lowest BCUT2D eigenvalue weighted by Crippen LogP contribution is -2.39. The number of pyridine rings is 1. The van der Waals surface area contributed by atoms with E-state index >= 15 is 0 Å². The zero-order valence-electron chi connectivity index (χ0n) is 14.2. The standard InChI is InChI=1S/C20H20N2O4/c23-19(22-12-2-4-18(22)20(24)25)10-7-15-5-8-17(9-6-15)26-14-16-3-1-11-21-13-16/h1,3,5-11,13,18H,2,4,12,14H2,(H,24,25). The Bertz CT molecular complexity index is 787. The molecule has 6 heteroatoms. The van der Waals surface area contributed by atoms with Crippen LogP contribution in [0.2, 0.25) is 0 Å². The minimum Gasteiger partial charge on any atom is -0.489 e. The van der Waals surface area contributed by atoms with Crippen molar-refractivity contribution in [1.29, 1.82) is 0 Å². The molecule has 1 saturated heterocycles. The lowest BCUT2D eigenvalue weighted by atomic mass is 10.2. The Balaban J connectivity index is 1.56. The van der Waals surface area contributed by atoms with Gasteiger partial charge in [0.1, 0.15) is 18.4 Å². The molecule has 1 aliphatic rings. The van der Waals surface area contributed by atoms with Crippen molar-refractivity contribution in [2.75, 3.05) is 6.54 Å². The van der Waals surface area contributed by atoms with Crippen LogP contribution < -0.4 is 4.74 Å². The maximum absolute atomic E-state index is 12.2. The van der Waals surface area contributed by atoms with Crippen LogP contribution >= 0.6 is 0 Å². The second kappa shape index (κ2) is 8.29. The third kappa shape index (κ3) is 4.47. The highest BCUT2D eigenvalue weighted by molar-refractivity contribution is 5.94. The zero-order chi connectivity index (χ0) is 18.4. The number of ether oxygens (including phenoxy) is 1. The molecule has 6 nitrogen and oxygen atoms in total. The van der Waals surface area contributed by atoms with Gasteiger partial charge in [-0.2, -0.15) is 0 Å². The molecular formula is C20H20N2O4. The van der Waals surface area contributed by atoms with E-state index in [4.69, 9.17) is 9.84 Å². The molecule has 0 bridgehead atoms. The number of benzene rings is 1. The molecular weight excluding hydrogens is 332 g/mol. The highest BCUT2D eigenvalue weighted by Gasteiger charge is 2.32. The first-order valence-electron chi connectivity index (χ1n) is 8.47. The fraction of sp³-hybridized carbons (Fsp3) is 0.250. The number of carbonyl (C=O) groups excluding carboxylic acids is 1. The maximum Gasteiger partial charge on any atom is 0.326 e. The van der Waals surface area contributed by atoms with Crippen LogP contribution in [0, 0.1) is 0 Å². The van der Waals surface area contributed by atoms with Crippen LogP contribution in [0.4, 0.5) is 0 Å². The first-order valence-corrected chi connectivity index (χ1v) is 8.47. The van der Waals surface area contributed by atoms with Crippen LogP contribution in [-0.4, -0.2) is 39.5 Å². The summed E-state index contributed by atoms with van der Waals surface area (Å²) in [5.41, 5.74) is 1.83. The number of hydrogen-bond acceptors (Lipinski definition) is 4. The quantitative estimate of drug-likeness (QED) is 0.809. The summed E-state index contributed by atoms with van der Waals surface area (Å²) in [6, 6.07) is 10.4. The Morgan fingerprint density at radius 2 is 2.08 bits per heavy atom. The minimum atomic E-state index is -0.945. The molecule has 26 heavy (non-hydrogen) atoms. The van der Waals surface area contributed by atoms with Gasteiger partial charge in [-0.05, 0) is 42.7 Å². The van der Waals surface area contributed by atoms with E-state index in [0.29, 0.717) is 19.6 Å². The van der Waals surface area contributed by atoms with Gasteiger partial charge >= 0.3 is 5.97 Å². The molecule has 1 N–H and O–H groups in total. The fourth-order valence-corrected chi connectivity index (χ4v) is 2.88. The molecule has 1 aromatic carbocycles. The molecule has 0 radical (unpaired) electrons. The Kier molecular flexibility index (Phi) is 5.63. The third-order valence-corrected chi connectivity index (χ3v) is 4.25. The average molecular weight is 352 g/mol. The summed E-state index contributed by atoms with van der Waals surface area (Å²) in [6.07, 6.45) is 7.81. The monoisotopic (exact) mass is 352 g/mol. The van der Waals surface area contributed by atoms with Crippen molar-refractivity contribution in [2.45, 2.75) is 25.5 Å². The van der Waals surface area contributed by atoms with Crippen LogP contribution in [0.25, 0.3) is 6.08 Å². The van der Waals surface area contributed by atoms with Crippen LogP contribution in [0.3, 0.4) is 0 Å². The van der Waals surface area contributed by atoms with Crippen molar-refractivity contribution in [1.82, 2.24) is 9.88 Å². The lowest BCUT2D eigenvalue weighted by molar-refractivity contribution is -0.146. The highest BCUT2D eigenvalue weighted by atomic mass is 16.5. The minimum absolute atomic E-state index is 0.271. The smallest absolute Gasteiger partial charge is 0.326 e. The molecule has 2 heterocycles. The number of likely N-dealkylation sites (tertiary alicyclic amines) is 1. The van der Waals surface area contributed by atoms with Gasteiger partial charge in [0.25, 0.3) is 0 Å². The Morgan fingerprint density at radius 3 is 2.77 bits per heavy atom. The largest absolute Gasteiger partial charge is 0.489 e. The molecule has 1 amide bonds. The molecule has 1 unspecified atom stereocenters. The predicted molar refractivity (Wildman–Crippen MR) is 96.4 cm³/mol. The molecule has 0 saturated carbocycles. The molecule has 3 rings (SSSR count). The van der Waals surface area contributed by atoms with Gasteiger partial charge in [-0.3, -0.25) is 9.78 Å². The van der Waals surface area contributed by atoms with E-state index in [1.807, 2.05) is 36.4 Å². The first kappa shape index (κ1) is 17.7. The molecule has 1 aromatic heterocycles. The van der Waals surface area contributed by atoms with Crippen molar-refractivity contribution in [3.63, 3.8) is 0 Å². The average Bonchev–Trinajstić information content (AvgIpc) is 3.16. The van der Waals surface area contributed by atoms with Crippen LogP contribution in [0.1, 0.15) is 24.0 Å². The van der Waals surface area contributed by atoms with Crippen molar-refractivity contribution in [2.24, 2.45) is 0 Å². The number of amides is 1. The number of carboxylic acid groups (broad SMARTS) is 1. The van der Waals surface area contributed by atoms with Gasteiger partial charge in [-0.25, -0.2) is 4.79 Å². The van der Waals surface area contributed by atoms with Crippen molar-refractivity contribution in [3.8, 4) is 5.75 Å². The van der Waals surface area contributed by atoms with E-state index < -0.39 is 12.0 Å². The van der Waals surface area contributed by atoms with Gasteiger partial charge in [0.2, 0.25) is 5.91 Å². The third-order valence-electron chi connectivity index (χ3n) is 4.25. The number of carbonyl (C=O) groups is 2. The summed E-state index contributed by atoms with van der Waals surface area (Å²) in [5.74, 6) is -0.492. The summed E-state index contributed by atoms with van der Waals surface area (Å²) in [4.78, 5) is 28.8. The zero-order valence-corrected chi connectivity index (χ0v) is 14.2. The van der Waals surface area contributed by atoms with Crippen molar-refractivity contribution < 1.29 is 19.4 Å². The molecule has 2 aromatic rings.